The molecule has 0 bridgehead atoms. The zero-order chi connectivity index (χ0) is 12.4. The molecule has 0 aliphatic heterocycles. The van der Waals surface area contributed by atoms with Crippen molar-refractivity contribution in [2.45, 2.75) is 19.5 Å². The number of nitrogens with zero attached hydrogens (tertiary/aromatic N) is 1. The van der Waals surface area contributed by atoms with E-state index < -0.39 is 0 Å². The number of hydrogen-bond acceptors (Lipinski definition) is 3. The van der Waals surface area contributed by atoms with Crippen molar-refractivity contribution in [3.63, 3.8) is 0 Å². The Labute approximate surface area is 110 Å². The fourth-order valence-electron chi connectivity index (χ4n) is 2.05. The van der Waals surface area contributed by atoms with E-state index in [0.717, 1.165) is 6.54 Å². The summed E-state index contributed by atoms with van der Waals surface area (Å²) < 4.78 is 1.35. The summed E-state index contributed by atoms with van der Waals surface area (Å²) in [7, 11) is 0. The zero-order valence-corrected chi connectivity index (χ0v) is 11.0. The molecule has 18 heavy (non-hydrogen) atoms. The van der Waals surface area contributed by atoms with Crippen molar-refractivity contribution < 1.29 is 0 Å². The average molecular weight is 257 g/mol. The molecule has 1 unspecified atom stereocenters. The van der Waals surface area contributed by atoms with Crippen molar-refractivity contribution in [1.29, 1.82) is 0 Å². The fraction of sp³-hybridized carbons (Fsp3) is 0.214. The van der Waals surface area contributed by atoms with Gasteiger partial charge >= 0.3 is 0 Å². The second-order valence-corrected chi connectivity index (χ2v) is 5.30. The van der Waals surface area contributed by atoms with Gasteiger partial charge in [0.05, 0.1) is 6.20 Å². The summed E-state index contributed by atoms with van der Waals surface area (Å²) in [5.74, 6) is 0. The predicted octanol–water partition coefficient (Wildman–Crippen LogP) is 3.48. The topological polar surface area (TPSA) is 40.7 Å². The van der Waals surface area contributed by atoms with E-state index in [-0.39, 0.29) is 0 Å². The van der Waals surface area contributed by atoms with Gasteiger partial charge in [0.1, 0.15) is 0 Å². The zero-order valence-electron chi connectivity index (χ0n) is 10.2. The van der Waals surface area contributed by atoms with E-state index in [2.05, 4.69) is 52.1 Å². The van der Waals surface area contributed by atoms with Crippen LogP contribution in [0.15, 0.2) is 42.0 Å². The van der Waals surface area contributed by atoms with E-state index in [9.17, 15) is 0 Å². The van der Waals surface area contributed by atoms with Crippen molar-refractivity contribution in [3.8, 4) is 0 Å². The molecular weight excluding hydrogens is 242 g/mol. The van der Waals surface area contributed by atoms with Crippen molar-refractivity contribution in [1.82, 2.24) is 15.5 Å². The van der Waals surface area contributed by atoms with Gasteiger partial charge in [-0.25, -0.2) is 0 Å². The Morgan fingerprint density at radius 3 is 3.11 bits per heavy atom. The second-order valence-electron chi connectivity index (χ2n) is 4.39. The molecule has 92 valence electrons. The minimum absolute atomic E-state index is 0.308. The molecule has 4 heteroatoms. The summed E-state index contributed by atoms with van der Waals surface area (Å²) >= 11 is 1.80. The molecule has 0 radical (unpaired) electrons. The number of H-pyrrole nitrogens is 1. The molecule has 0 amide bonds. The Bertz CT molecular complexity index is 627. The smallest absolute Gasteiger partial charge is 0.0534 e. The molecular formula is C14H15N3S. The van der Waals surface area contributed by atoms with Gasteiger partial charge in [-0.15, -0.1) is 11.3 Å². The number of rotatable bonds is 4. The molecule has 1 atom stereocenters. The summed E-state index contributed by atoms with van der Waals surface area (Å²) in [6.07, 6.45) is 3.80. The van der Waals surface area contributed by atoms with Gasteiger partial charge in [-0.2, -0.15) is 5.10 Å². The highest BCUT2D eigenvalue weighted by atomic mass is 32.1. The van der Waals surface area contributed by atoms with Gasteiger partial charge in [0.25, 0.3) is 0 Å². The quantitative estimate of drug-likeness (QED) is 0.751. The minimum Gasteiger partial charge on any atom is -0.306 e. The molecule has 1 aromatic carbocycles. The maximum absolute atomic E-state index is 3.98. The van der Waals surface area contributed by atoms with Crippen LogP contribution >= 0.6 is 11.3 Å². The van der Waals surface area contributed by atoms with E-state index >= 15 is 0 Å². The maximum Gasteiger partial charge on any atom is 0.0534 e. The van der Waals surface area contributed by atoms with Crippen molar-refractivity contribution in [2.24, 2.45) is 0 Å². The third-order valence-corrected chi connectivity index (χ3v) is 4.19. The van der Waals surface area contributed by atoms with Crippen LogP contribution in [0.3, 0.4) is 0 Å². The van der Waals surface area contributed by atoms with Crippen molar-refractivity contribution in [2.75, 3.05) is 0 Å². The molecule has 0 spiro atoms. The summed E-state index contributed by atoms with van der Waals surface area (Å²) in [6.45, 7) is 3.04. The molecule has 0 aliphatic carbocycles. The Hall–Kier alpha value is -1.65. The van der Waals surface area contributed by atoms with Gasteiger partial charge in [-0.05, 0) is 29.3 Å². The summed E-state index contributed by atoms with van der Waals surface area (Å²) in [6, 6.07) is 8.85. The minimum atomic E-state index is 0.308. The number of benzene rings is 1. The first kappa shape index (κ1) is 11.4. The lowest BCUT2D eigenvalue weighted by atomic mass is 10.1. The lowest BCUT2D eigenvalue weighted by molar-refractivity contribution is 0.577. The fourth-order valence-corrected chi connectivity index (χ4v) is 3.01. The second kappa shape index (κ2) is 4.92. The first-order valence-electron chi connectivity index (χ1n) is 6.02. The lowest BCUT2D eigenvalue weighted by Crippen LogP contribution is -2.17. The molecule has 3 rings (SSSR count). The van der Waals surface area contributed by atoms with Gasteiger partial charge in [0, 0.05) is 29.0 Å². The van der Waals surface area contributed by atoms with Crippen molar-refractivity contribution in [3.05, 3.63) is 53.2 Å². The average Bonchev–Trinajstić information content (AvgIpc) is 3.06. The Balaban J connectivity index is 1.73. The Kier molecular flexibility index (Phi) is 3.13. The number of nitrogens with one attached hydrogen (secondary N) is 2. The van der Waals surface area contributed by atoms with E-state index in [1.807, 2.05) is 12.4 Å². The highest BCUT2D eigenvalue weighted by molar-refractivity contribution is 7.17. The van der Waals surface area contributed by atoms with Crippen LogP contribution in [0, 0.1) is 0 Å². The number of aromatic nitrogens is 2. The Morgan fingerprint density at radius 1 is 1.39 bits per heavy atom. The van der Waals surface area contributed by atoms with Gasteiger partial charge < -0.3 is 5.32 Å². The van der Waals surface area contributed by atoms with E-state index in [0.29, 0.717) is 6.04 Å². The monoisotopic (exact) mass is 257 g/mol. The molecule has 3 aromatic rings. The normalized spacial score (nSPS) is 12.9. The first-order valence-corrected chi connectivity index (χ1v) is 6.90. The van der Waals surface area contributed by atoms with Crippen LogP contribution in [0.2, 0.25) is 0 Å². The van der Waals surface area contributed by atoms with Crippen molar-refractivity contribution >= 4 is 21.4 Å². The molecule has 2 heterocycles. The molecule has 2 N–H and O–H groups in total. The lowest BCUT2D eigenvalue weighted by Gasteiger charge is -2.11. The molecule has 0 fully saturated rings. The maximum atomic E-state index is 3.98. The standard InChI is InChI=1S/C14H15N3S/c1-10(11-7-16-17-8-11)15-6-12-9-18-14-5-3-2-4-13(12)14/h2-5,7-10,15H,6H2,1H3,(H,16,17). The first-order chi connectivity index (χ1) is 8.84. The van der Waals surface area contributed by atoms with Crippen LogP contribution in [0.25, 0.3) is 10.1 Å². The molecule has 0 saturated carbocycles. The Morgan fingerprint density at radius 2 is 2.28 bits per heavy atom. The summed E-state index contributed by atoms with van der Waals surface area (Å²) in [5, 5.41) is 13.9. The predicted molar refractivity (Wildman–Crippen MR) is 75.7 cm³/mol. The third kappa shape index (κ3) is 2.17. The van der Waals surface area contributed by atoms with Gasteiger partial charge in [-0.1, -0.05) is 18.2 Å². The SMILES string of the molecule is CC(NCc1csc2ccccc12)c1cn[nH]c1. The van der Waals surface area contributed by atoms with Gasteiger partial charge in [-0.3, -0.25) is 5.10 Å². The molecule has 3 nitrogen and oxygen atoms in total. The van der Waals surface area contributed by atoms with E-state index in [1.165, 1.54) is 21.2 Å². The molecule has 2 aromatic heterocycles. The van der Waals surface area contributed by atoms with Crippen LogP contribution < -0.4 is 5.32 Å². The number of thiophene rings is 1. The summed E-state index contributed by atoms with van der Waals surface area (Å²) in [4.78, 5) is 0. The highest BCUT2D eigenvalue weighted by Gasteiger charge is 2.08. The number of hydrogen-bond donors (Lipinski definition) is 2. The molecule has 0 saturated heterocycles. The molecule has 0 aliphatic rings. The number of fused-ring (bicyclic) bond motifs is 1. The van der Waals surface area contributed by atoms with Gasteiger partial charge in [0.15, 0.2) is 0 Å². The third-order valence-electron chi connectivity index (χ3n) is 3.18. The van der Waals surface area contributed by atoms with Crippen LogP contribution in [0.4, 0.5) is 0 Å². The van der Waals surface area contributed by atoms with Crippen LogP contribution in [0.5, 0.6) is 0 Å². The largest absolute Gasteiger partial charge is 0.306 e. The van der Waals surface area contributed by atoms with Gasteiger partial charge in [0.2, 0.25) is 0 Å². The van der Waals surface area contributed by atoms with Crippen LogP contribution in [-0.2, 0) is 6.54 Å². The highest BCUT2D eigenvalue weighted by Crippen LogP contribution is 2.25. The van der Waals surface area contributed by atoms with Crippen LogP contribution in [0.1, 0.15) is 24.1 Å². The van der Waals surface area contributed by atoms with Crippen LogP contribution in [-0.4, -0.2) is 10.2 Å². The number of aromatic amines is 1. The van der Waals surface area contributed by atoms with E-state index in [4.69, 9.17) is 0 Å². The van der Waals surface area contributed by atoms with E-state index in [1.54, 1.807) is 11.3 Å². The summed E-state index contributed by atoms with van der Waals surface area (Å²) in [5.41, 5.74) is 2.56.